The van der Waals surface area contributed by atoms with Crippen LogP contribution in [0, 0.1) is 5.92 Å². The van der Waals surface area contributed by atoms with Crippen LogP contribution in [0.5, 0.6) is 0 Å². The fourth-order valence-corrected chi connectivity index (χ4v) is 2.41. The van der Waals surface area contributed by atoms with E-state index in [1.165, 1.54) is 6.42 Å². The number of carbonyl (C=O) groups excluding carboxylic acids is 1. The Balaban J connectivity index is 1.60. The molecule has 1 unspecified atom stereocenters. The second-order valence-corrected chi connectivity index (χ2v) is 4.96. The Morgan fingerprint density at radius 1 is 1.50 bits per heavy atom. The van der Waals surface area contributed by atoms with Gasteiger partial charge in [0.1, 0.15) is 0 Å². The first kappa shape index (κ1) is 11.7. The maximum atomic E-state index is 11.6. The van der Waals surface area contributed by atoms with Gasteiger partial charge in [-0.2, -0.15) is 0 Å². The summed E-state index contributed by atoms with van der Waals surface area (Å²) in [7, 11) is 2.09. The molecule has 0 radical (unpaired) electrons. The first-order valence-electron chi connectivity index (χ1n) is 6.17. The molecule has 2 rings (SSSR count). The van der Waals surface area contributed by atoms with E-state index in [2.05, 4.69) is 27.9 Å². The number of nitrogens with one attached hydrogen (secondary N) is 3. The normalized spacial score (nSPS) is 30.6. The number of amides is 2. The van der Waals surface area contributed by atoms with Crippen molar-refractivity contribution in [2.24, 2.45) is 5.92 Å². The molecule has 2 amide bonds. The predicted molar refractivity (Wildman–Crippen MR) is 63.4 cm³/mol. The molecule has 0 saturated carbocycles. The Bertz CT molecular complexity index is 240. The van der Waals surface area contributed by atoms with Gasteiger partial charge in [0.25, 0.3) is 0 Å². The van der Waals surface area contributed by atoms with Crippen LogP contribution in [-0.4, -0.2) is 56.7 Å². The molecule has 92 valence electrons. The molecule has 2 saturated heterocycles. The molecule has 5 nitrogen and oxygen atoms in total. The van der Waals surface area contributed by atoms with Crippen molar-refractivity contribution in [1.82, 2.24) is 20.9 Å². The maximum absolute atomic E-state index is 11.6. The van der Waals surface area contributed by atoms with Crippen LogP contribution < -0.4 is 16.0 Å². The van der Waals surface area contributed by atoms with Crippen molar-refractivity contribution in [3.05, 3.63) is 0 Å². The van der Waals surface area contributed by atoms with E-state index in [1.54, 1.807) is 0 Å². The molecule has 0 aliphatic carbocycles. The van der Waals surface area contributed by atoms with E-state index in [0.717, 1.165) is 39.1 Å². The molecule has 0 spiro atoms. The molecule has 5 heteroatoms. The van der Waals surface area contributed by atoms with Crippen molar-refractivity contribution in [2.75, 3.05) is 39.8 Å². The zero-order chi connectivity index (χ0) is 11.4. The smallest absolute Gasteiger partial charge is 0.315 e. The van der Waals surface area contributed by atoms with E-state index in [9.17, 15) is 4.79 Å². The lowest BCUT2D eigenvalue weighted by Gasteiger charge is -2.15. The summed E-state index contributed by atoms with van der Waals surface area (Å²) in [6.45, 7) is 4.96. The average molecular weight is 226 g/mol. The van der Waals surface area contributed by atoms with Gasteiger partial charge in [0.2, 0.25) is 0 Å². The van der Waals surface area contributed by atoms with Crippen molar-refractivity contribution in [2.45, 2.75) is 18.9 Å². The van der Waals surface area contributed by atoms with E-state index in [0.29, 0.717) is 12.0 Å². The highest BCUT2D eigenvalue weighted by molar-refractivity contribution is 5.74. The summed E-state index contributed by atoms with van der Waals surface area (Å²) in [5.74, 6) is 0.608. The summed E-state index contributed by atoms with van der Waals surface area (Å²) in [4.78, 5) is 13.8. The number of likely N-dealkylation sites (N-methyl/N-ethyl adjacent to an activating group) is 1. The second kappa shape index (κ2) is 5.50. The molecule has 0 aromatic heterocycles. The molecule has 2 atom stereocenters. The summed E-state index contributed by atoms with van der Waals surface area (Å²) in [5.41, 5.74) is 0. The Morgan fingerprint density at radius 3 is 3.00 bits per heavy atom. The van der Waals surface area contributed by atoms with Crippen LogP contribution in [-0.2, 0) is 0 Å². The summed E-state index contributed by atoms with van der Waals surface area (Å²) in [6.07, 6.45) is 2.24. The summed E-state index contributed by atoms with van der Waals surface area (Å²) in [6, 6.07) is 0.318. The fraction of sp³-hybridized carbons (Fsp3) is 0.909. The first-order valence-corrected chi connectivity index (χ1v) is 6.17. The van der Waals surface area contributed by atoms with Gasteiger partial charge in [-0.3, -0.25) is 0 Å². The number of hydrogen-bond acceptors (Lipinski definition) is 3. The third-order valence-corrected chi connectivity index (χ3v) is 3.44. The van der Waals surface area contributed by atoms with E-state index in [-0.39, 0.29) is 6.03 Å². The Labute approximate surface area is 96.9 Å². The molecule has 3 N–H and O–H groups in total. The zero-order valence-electron chi connectivity index (χ0n) is 9.96. The van der Waals surface area contributed by atoms with Crippen LogP contribution >= 0.6 is 0 Å². The van der Waals surface area contributed by atoms with Gasteiger partial charge in [0.05, 0.1) is 0 Å². The number of nitrogens with zero attached hydrogens (tertiary/aromatic N) is 1. The number of carbonyl (C=O) groups is 1. The highest BCUT2D eigenvalue weighted by Gasteiger charge is 2.21. The predicted octanol–water partition coefficient (Wildman–Crippen LogP) is -0.401. The molecule has 0 bridgehead atoms. The highest BCUT2D eigenvalue weighted by atomic mass is 16.2. The molecule has 16 heavy (non-hydrogen) atoms. The minimum atomic E-state index is -0.00722. The fourth-order valence-electron chi connectivity index (χ4n) is 2.41. The third-order valence-electron chi connectivity index (χ3n) is 3.44. The molecule has 0 aromatic carbocycles. The minimum absolute atomic E-state index is 0.00722. The largest absolute Gasteiger partial charge is 0.338 e. The van der Waals surface area contributed by atoms with E-state index < -0.39 is 0 Å². The SMILES string of the molecule is CN1CCC(NC(=O)NC[C@H]2CCNC2)C1. The van der Waals surface area contributed by atoms with Crippen LogP contribution in [0.15, 0.2) is 0 Å². The lowest BCUT2D eigenvalue weighted by molar-refractivity contribution is 0.235. The third kappa shape index (κ3) is 3.35. The van der Waals surface area contributed by atoms with Crippen LogP contribution in [0.25, 0.3) is 0 Å². The number of urea groups is 1. The van der Waals surface area contributed by atoms with Crippen molar-refractivity contribution in [3.8, 4) is 0 Å². The molecule has 2 heterocycles. The van der Waals surface area contributed by atoms with Crippen LogP contribution in [0.2, 0.25) is 0 Å². The monoisotopic (exact) mass is 226 g/mol. The lowest BCUT2D eigenvalue weighted by atomic mass is 10.1. The van der Waals surface area contributed by atoms with Crippen molar-refractivity contribution < 1.29 is 4.79 Å². The van der Waals surface area contributed by atoms with Gasteiger partial charge in [-0.05, 0) is 45.4 Å². The maximum Gasteiger partial charge on any atom is 0.315 e. The topological polar surface area (TPSA) is 56.4 Å². The number of rotatable bonds is 3. The van der Waals surface area contributed by atoms with Crippen LogP contribution in [0.1, 0.15) is 12.8 Å². The molecule has 2 fully saturated rings. The van der Waals surface area contributed by atoms with Gasteiger partial charge >= 0.3 is 6.03 Å². The van der Waals surface area contributed by atoms with Gasteiger partial charge < -0.3 is 20.9 Å². The van der Waals surface area contributed by atoms with Gasteiger partial charge in [-0.25, -0.2) is 4.79 Å². The molecular formula is C11H22N4O. The highest BCUT2D eigenvalue weighted by Crippen LogP contribution is 2.07. The summed E-state index contributed by atoms with van der Waals surface area (Å²) < 4.78 is 0. The van der Waals surface area contributed by atoms with Gasteiger partial charge in [-0.15, -0.1) is 0 Å². The first-order chi connectivity index (χ1) is 7.74. The minimum Gasteiger partial charge on any atom is -0.338 e. The molecular weight excluding hydrogens is 204 g/mol. The number of hydrogen-bond donors (Lipinski definition) is 3. The molecule has 2 aliphatic heterocycles. The average Bonchev–Trinajstić information content (AvgIpc) is 2.87. The van der Waals surface area contributed by atoms with Gasteiger partial charge in [0.15, 0.2) is 0 Å². The van der Waals surface area contributed by atoms with E-state index in [4.69, 9.17) is 0 Å². The quantitative estimate of drug-likeness (QED) is 0.614. The Kier molecular flexibility index (Phi) is 4.01. The Morgan fingerprint density at radius 2 is 2.38 bits per heavy atom. The summed E-state index contributed by atoms with van der Waals surface area (Å²) >= 11 is 0. The van der Waals surface area contributed by atoms with Gasteiger partial charge in [0, 0.05) is 19.1 Å². The molecule has 0 aromatic rings. The second-order valence-electron chi connectivity index (χ2n) is 4.96. The van der Waals surface area contributed by atoms with Crippen molar-refractivity contribution in [3.63, 3.8) is 0 Å². The van der Waals surface area contributed by atoms with E-state index >= 15 is 0 Å². The van der Waals surface area contributed by atoms with Crippen molar-refractivity contribution in [1.29, 1.82) is 0 Å². The lowest BCUT2D eigenvalue weighted by Crippen LogP contribution is -2.44. The zero-order valence-corrected chi connectivity index (χ0v) is 9.96. The van der Waals surface area contributed by atoms with Crippen molar-refractivity contribution >= 4 is 6.03 Å². The van der Waals surface area contributed by atoms with Crippen LogP contribution in [0.3, 0.4) is 0 Å². The number of likely N-dealkylation sites (tertiary alicyclic amines) is 1. The Hall–Kier alpha value is -0.810. The molecule has 2 aliphatic rings. The standard InChI is InChI=1S/C11H22N4O/c1-15-5-3-10(8-15)14-11(16)13-7-9-2-4-12-6-9/h9-10,12H,2-8H2,1H3,(H2,13,14,16)/t9-,10?/m0/s1. The van der Waals surface area contributed by atoms with Crippen LogP contribution in [0.4, 0.5) is 4.79 Å². The summed E-state index contributed by atoms with van der Waals surface area (Å²) in [5, 5.41) is 9.28. The van der Waals surface area contributed by atoms with Gasteiger partial charge in [-0.1, -0.05) is 0 Å². The van der Waals surface area contributed by atoms with E-state index in [1.807, 2.05) is 0 Å².